The first-order valence-electron chi connectivity index (χ1n) is 13.0. The number of nitrogens with one attached hydrogen (secondary N) is 1. The first-order valence-corrected chi connectivity index (χ1v) is 14.2. The molecule has 1 atom stereocenters. The van der Waals surface area contributed by atoms with Gasteiger partial charge in [0.2, 0.25) is 0 Å². The molecule has 1 unspecified atom stereocenters. The Morgan fingerprint density at radius 2 is 1.95 bits per heavy atom. The molecular formula is C29H37N5O5S. The smallest absolute Gasteiger partial charge is 0.137 e. The molecular weight excluding hydrogens is 530 g/mol. The van der Waals surface area contributed by atoms with Crippen molar-refractivity contribution in [1.82, 2.24) is 19.6 Å². The lowest BCUT2D eigenvalue weighted by atomic mass is 10.1. The highest BCUT2D eigenvalue weighted by molar-refractivity contribution is 7.83. The van der Waals surface area contributed by atoms with Crippen LogP contribution in [0.2, 0.25) is 0 Å². The molecule has 1 aliphatic heterocycles. The Morgan fingerprint density at radius 3 is 2.67 bits per heavy atom. The summed E-state index contributed by atoms with van der Waals surface area (Å²) in [7, 11) is 4.24. The van der Waals surface area contributed by atoms with Crippen LogP contribution in [0.5, 0.6) is 11.5 Å². The lowest BCUT2D eigenvalue weighted by molar-refractivity contribution is 0.0254. The van der Waals surface area contributed by atoms with Crippen LogP contribution >= 0.6 is 0 Å². The molecule has 2 heterocycles. The van der Waals surface area contributed by atoms with Gasteiger partial charge in [-0.3, -0.25) is 0 Å². The Hall–Kier alpha value is -3.40. The normalized spacial score (nSPS) is 14.3. The first kappa shape index (κ1) is 31.1. The molecule has 40 heavy (non-hydrogen) atoms. The van der Waals surface area contributed by atoms with Gasteiger partial charge in [-0.25, -0.2) is 18.9 Å². The number of hydrogen-bond acceptors (Lipinski definition) is 8. The molecule has 1 saturated heterocycles. The lowest BCUT2D eigenvalue weighted by Gasteiger charge is -2.23. The maximum Gasteiger partial charge on any atom is 0.137 e. The van der Waals surface area contributed by atoms with Gasteiger partial charge in [-0.1, -0.05) is 6.07 Å². The Morgan fingerprint density at radius 1 is 1.15 bits per heavy atom. The van der Waals surface area contributed by atoms with Crippen molar-refractivity contribution in [3.63, 3.8) is 0 Å². The van der Waals surface area contributed by atoms with Gasteiger partial charge in [-0.05, 0) is 69.0 Å². The fraction of sp³-hybridized carbons (Fsp3) is 0.414. The minimum absolute atomic E-state index is 0. The van der Waals surface area contributed by atoms with E-state index in [1.54, 1.807) is 19.4 Å². The van der Waals surface area contributed by atoms with E-state index in [1.165, 1.54) is 0 Å². The van der Waals surface area contributed by atoms with Crippen molar-refractivity contribution in [2.75, 3.05) is 47.5 Å². The van der Waals surface area contributed by atoms with Gasteiger partial charge in [0.1, 0.15) is 40.5 Å². The van der Waals surface area contributed by atoms with E-state index in [0.29, 0.717) is 54.0 Å². The summed E-state index contributed by atoms with van der Waals surface area (Å²) >= 11 is 0. The van der Waals surface area contributed by atoms with Crippen molar-refractivity contribution in [3.05, 3.63) is 65.6 Å². The van der Waals surface area contributed by atoms with Gasteiger partial charge in [0.15, 0.2) is 0 Å². The summed E-state index contributed by atoms with van der Waals surface area (Å²) in [5.74, 6) is 1.77. The number of aromatic nitrogens is 2. The van der Waals surface area contributed by atoms with Gasteiger partial charge in [-0.15, -0.1) is 0 Å². The monoisotopic (exact) mass is 567 g/mol. The molecule has 3 N–H and O–H groups in total. The number of benzene rings is 2. The van der Waals surface area contributed by atoms with Crippen LogP contribution in [0.3, 0.4) is 0 Å². The third kappa shape index (κ3) is 8.55. The third-order valence-electron chi connectivity index (χ3n) is 6.37. The zero-order valence-corrected chi connectivity index (χ0v) is 24.0. The maximum atomic E-state index is 12.8. The van der Waals surface area contributed by atoms with Crippen molar-refractivity contribution in [2.45, 2.75) is 36.7 Å². The number of nitrogens with zero attached hydrogens (tertiary/aromatic N) is 4. The Labute approximate surface area is 238 Å². The molecule has 0 saturated carbocycles. The van der Waals surface area contributed by atoms with E-state index in [9.17, 15) is 9.47 Å². The molecule has 11 heteroatoms. The molecule has 0 amide bonds. The van der Waals surface area contributed by atoms with E-state index < -0.39 is 11.0 Å². The molecule has 0 bridgehead atoms. The van der Waals surface area contributed by atoms with Crippen molar-refractivity contribution in [1.29, 1.82) is 5.26 Å². The van der Waals surface area contributed by atoms with Crippen molar-refractivity contribution in [3.8, 4) is 28.8 Å². The number of methoxy groups -OCH3 is 1. The molecule has 0 spiro atoms. The SMILES string of the molecule is COc1cc(Cc2nccc(-c3ccc(OC4CCOCC4)c(C#N)c3)n2)ccc1S(=O)NCCCN(C)C.O. The molecule has 1 fully saturated rings. The van der Waals surface area contributed by atoms with Gasteiger partial charge in [0, 0.05) is 37.6 Å². The molecule has 1 aliphatic rings. The summed E-state index contributed by atoms with van der Waals surface area (Å²) in [6, 6.07) is 15.3. The van der Waals surface area contributed by atoms with Gasteiger partial charge in [0.25, 0.3) is 0 Å². The summed E-state index contributed by atoms with van der Waals surface area (Å²) in [4.78, 5) is 11.9. The molecule has 10 nitrogen and oxygen atoms in total. The third-order valence-corrected chi connectivity index (χ3v) is 7.57. The van der Waals surface area contributed by atoms with Crippen molar-refractivity contribution < 1.29 is 23.9 Å². The minimum Gasteiger partial charge on any atom is -0.495 e. The quantitative estimate of drug-likeness (QED) is 0.329. The number of nitriles is 1. The molecule has 4 rings (SSSR count). The van der Waals surface area contributed by atoms with Crippen LogP contribution in [0.15, 0.2) is 53.6 Å². The summed E-state index contributed by atoms with van der Waals surface area (Å²) in [6.45, 7) is 2.92. The average Bonchev–Trinajstić information content (AvgIpc) is 2.96. The molecule has 214 valence electrons. The zero-order valence-electron chi connectivity index (χ0n) is 23.2. The standard InChI is InChI=1S/C29H35N5O4S.H2O/c1-34(2)14-4-12-32-39(35)28-8-5-21(17-27(28)36-3)18-29-31-13-9-25(33-29)22-6-7-26(23(19-22)20-30)38-24-10-15-37-16-11-24;/h5-9,13,17,19,24,32H,4,10-12,14-16,18H2,1-3H3;1H2. The van der Waals surface area contributed by atoms with Gasteiger partial charge in [-0.2, -0.15) is 5.26 Å². The largest absolute Gasteiger partial charge is 0.495 e. The van der Waals surface area contributed by atoms with Crippen LogP contribution < -0.4 is 14.2 Å². The van der Waals surface area contributed by atoms with Gasteiger partial charge >= 0.3 is 0 Å². The Balaban J connectivity index is 0.00000441. The van der Waals surface area contributed by atoms with Crippen LogP contribution in [-0.4, -0.2) is 78.2 Å². The van der Waals surface area contributed by atoms with E-state index in [0.717, 1.165) is 42.6 Å². The second-order valence-corrected chi connectivity index (χ2v) is 10.9. The fourth-order valence-corrected chi connectivity index (χ4v) is 5.30. The summed E-state index contributed by atoms with van der Waals surface area (Å²) in [6.07, 6.45) is 4.78. The van der Waals surface area contributed by atoms with Gasteiger partial charge in [0.05, 0.1) is 36.5 Å². The summed E-state index contributed by atoms with van der Waals surface area (Å²) in [5, 5.41) is 9.73. The van der Waals surface area contributed by atoms with Crippen LogP contribution in [0.25, 0.3) is 11.3 Å². The summed E-state index contributed by atoms with van der Waals surface area (Å²) < 4.78 is 32.9. The lowest BCUT2D eigenvalue weighted by Crippen LogP contribution is -2.26. The fourth-order valence-electron chi connectivity index (χ4n) is 4.29. The highest BCUT2D eigenvalue weighted by Crippen LogP contribution is 2.28. The molecule has 3 aromatic rings. The highest BCUT2D eigenvalue weighted by atomic mass is 32.2. The summed E-state index contributed by atoms with van der Waals surface area (Å²) in [5.41, 5.74) is 2.96. The van der Waals surface area contributed by atoms with Crippen LogP contribution in [-0.2, 0) is 22.1 Å². The molecule has 0 aliphatic carbocycles. The number of ether oxygens (including phenoxy) is 3. The van der Waals surface area contributed by atoms with Crippen LogP contribution in [0, 0.1) is 11.3 Å². The van der Waals surface area contributed by atoms with E-state index in [4.69, 9.17) is 19.2 Å². The maximum absolute atomic E-state index is 12.8. The van der Waals surface area contributed by atoms with Crippen LogP contribution in [0.1, 0.15) is 36.2 Å². The average molecular weight is 568 g/mol. The Bertz CT molecular complexity index is 1320. The minimum atomic E-state index is -1.37. The van der Waals surface area contributed by atoms with E-state index in [-0.39, 0.29) is 11.6 Å². The van der Waals surface area contributed by atoms with E-state index in [1.807, 2.05) is 50.5 Å². The van der Waals surface area contributed by atoms with Crippen molar-refractivity contribution in [2.24, 2.45) is 0 Å². The van der Waals surface area contributed by atoms with Gasteiger partial charge < -0.3 is 24.6 Å². The van der Waals surface area contributed by atoms with E-state index in [2.05, 4.69) is 20.7 Å². The molecule has 2 aromatic carbocycles. The first-order chi connectivity index (χ1) is 19.0. The second-order valence-electron chi connectivity index (χ2n) is 9.59. The number of hydrogen-bond donors (Lipinski definition) is 1. The predicted molar refractivity (Wildman–Crippen MR) is 154 cm³/mol. The molecule has 1 aromatic heterocycles. The Kier molecular flexibility index (Phi) is 12.0. The number of rotatable bonds is 12. The topological polar surface area (TPSA) is 141 Å². The van der Waals surface area contributed by atoms with E-state index >= 15 is 0 Å². The van der Waals surface area contributed by atoms with Crippen LogP contribution in [0.4, 0.5) is 0 Å². The zero-order chi connectivity index (χ0) is 27.6. The van der Waals surface area contributed by atoms with Crippen molar-refractivity contribution >= 4 is 11.0 Å². The highest BCUT2D eigenvalue weighted by Gasteiger charge is 2.18. The second kappa shape index (κ2) is 15.4. The molecule has 0 radical (unpaired) electrons. The predicted octanol–water partition coefficient (Wildman–Crippen LogP) is 2.91.